The third kappa shape index (κ3) is 1.61. The molecule has 0 aromatic carbocycles. The molecule has 0 saturated carbocycles. The zero-order chi connectivity index (χ0) is 8.39. The predicted molar refractivity (Wildman–Crippen MR) is 58.7 cm³/mol. The molecule has 0 unspecified atom stereocenters. The Hall–Kier alpha value is -0.170. The van der Waals surface area contributed by atoms with Crippen molar-refractivity contribution in [1.29, 1.82) is 0 Å². The molecule has 5 heteroatoms. The fourth-order valence-corrected chi connectivity index (χ4v) is 2.02. The van der Waals surface area contributed by atoms with Crippen LogP contribution in [0.15, 0.2) is 12.1 Å². The number of ether oxygens (including phenoxy) is 1. The van der Waals surface area contributed by atoms with Gasteiger partial charge in [-0.15, -0.1) is 0 Å². The number of fused-ring (bicyclic) bond motifs is 1. The summed E-state index contributed by atoms with van der Waals surface area (Å²) >= 11 is 2.17. The number of anilines is 1. The smallest absolute Gasteiger partial charge is 0.141 e. The number of hydrogen-bond acceptors (Lipinski definition) is 4. The van der Waals surface area contributed by atoms with Crippen LogP contribution in [0.5, 0.6) is 5.75 Å². The average molecular weight is 294 g/mol. The van der Waals surface area contributed by atoms with Gasteiger partial charge in [-0.3, -0.25) is 0 Å². The van der Waals surface area contributed by atoms with Crippen LogP contribution in [0, 0.1) is 0 Å². The van der Waals surface area contributed by atoms with Crippen LogP contribution in [0.1, 0.15) is 5.69 Å². The van der Waals surface area contributed by atoms with Crippen LogP contribution in [0.3, 0.4) is 0 Å². The van der Waals surface area contributed by atoms with E-state index in [2.05, 4.69) is 30.9 Å². The Morgan fingerprint density at radius 1 is 1.58 bits per heavy atom. The Morgan fingerprint density at radius 3 is 3.33 bits per heavy atom. The fourth-order valence-electron chi connectivity index (χ4n) is 1.15. The van der Waals surface area contributed by atoms with Gasteiger partial charge in [0, 0.05) is 36.7 Å². The van der Waals surface area contributed by atoms with Gasteiger partial charge < -0.3 is 9.46 Å². The first kappa shape index (κ1) is 8.43. The van der Waals surface area contributed by atoms with Gasteiger partial charge in [-0.25, -0.2) is 4.98 Å². The van der Waals surface area contributed by atoms with Crippen molar-refractivity contribution in [3.05, 3.63) is 17.8 Å². The van der Waals surface area contributed by atoms with E-state index in [9.17, 15) is 0 Å². The van der Waals surface area contributed by atoms with Crippen LogP contribution in [0.2, 0.25) is 0 Å². The normalized spacial score (nSPS) is 13.8. The van der Waals surface area contributed by atoms with E-state index >= 15 is 0 Å². The lowest BCUT2D eigenvalue weighted by molar-refractivity contribution is 0.357. The average Bonchev–Trinajstić information content (AvgIpc) is 2.51. The van der Waals surface area contributed by atoms with Crippen LogP contribution < -0.4 is 9.46 Å². The summed E-state index contributed by atoms with van der Waals surface area (Å²) in [7, 11) is 1.52. The summed E-state index contributed by atoms with van der Waals surface area (Å²) in [5, 5.41) is 0. The molecule has 1 aromatic heterocycles. The van der Waals surface area contributed by atoms with Gasteiger partial charge in [0.15, 0.2) is 0 Å². The second kappa shape index (κ2) is 3.69. The zero-order valence-corrected chi connectivity index (χ0v) is 9.18. The van der Waals surface area contributed by atoms with Gasteiger partial charge in [0.2, 0.25) is 0 Å². The molecule has 1 aliphatic rings. The topological polar surface area (TPSA) is 34.2 Å². The molecule has 0 fully saturated rings. The van der Waals surface area contributed by atoms with E-state index in [0.717, 1.165) is 30.3 Å². The minimum absolute atomic E-state index is 0.767. The highest BCUT2D eigenvalue weighted by Gasteiger charge is 2.13. The SMILES string of the molecule is ISNc1ccc2c(n1)CCO2. The van der Waals surface area contributed by atoms with Crippen molar-refractivity contribution in [2.45, 2.75) is 6.42 Å². The number of hydrogen-bond donors (Lipinski definition) is 1. The molecule has 12 heavy (non-hydrogen) atoms. The summed E-state index contributed by atoms with van der Waals surface area (Å²) in [4.78, 5) is 4.38. The van der Waals surface area contributed by atoms with Crippen molar-refractivity contribution < 1.29 is 4.74 Å². The maximum absolute atomic E-state index is 5.33. The van der Waals surface area contributed by atoms with Crippen LogP contribution in [0.25, 0.3) is 0 Å². The molecule has 0 bridgehead atoms. The molecule has 0 spiro atoms. The molecule has 0 radical (unpaired) electrons. The summed E-state index contributed by atoms with van der Waals surface area (Å²) in [6.45, 7) is 0.767. The molecule has 0 atom stereocenters. The van der Waals surface area contributed by atoms with Gasteiger partial charge in [-0.1, -0.05) is 0 Å². The highest BCUT2D eigenvalue weighted by molar-refractivity contribution is 14.2. The molecule has 0 aliphatic carbocycles. The van der Waals surface area contributed by atoms with Crippen molar-refractivity contribution in [3.8, 4) is 5.75 Å². The van der Waals surface area contributed by atoms with Crippen molar-refractivity contribution >= 4 is 36.1 Å². The van der Waals surface area contributed by atoms with Gasteiger partial charge >= 0.3 is 0 Å². The third-order valence-electron chi connectivity index (χ3n) is 1.67. The lowest BCUT2D eigenvalue weighted by atomic mass is 10.3. The first-order valence-corrected chi connectivity index (χ1v) is 6.92. The van der Waals surface area contributed by atoms with E-state index in [1.165, 1.54) is 9.12 Å². The molecule has 1 aliphatic heterocycles. The molecule has 1 aromatic rings. The summed E-state index contributed by atoms with van der Waals surface area (Å²) in [6, 6.07) is 3.89. The molecule has 1 N–H and O–H groups in total. The molecular weight excluding hydrogens is 287 g/mol. The largest absolute Gasteiger partial charge is 0.491 e. The van der Waals surface area contributed by atoms with E-state index in [0.29, 0.717) is 0 Å². The van der Waals surface area contributed by atoms with Gasteiger partial charge in [0.1, 0.15) is 11.6 Å². The highest BCUT2D eigenvalue weighted by atomic mass is 127. The van der Waals surface area contributed by atoms with Gasteiger partial charge in [-0.05, 0) is 12.1 Å². The third-order valence-corrected chi connectivity index (χ3v) is 2.62. The number of pyridine rings is 1. The predicted octanol–water partition coefficient (Wildman–Crippen LogP) is 2.43. The summed E-state index contributed by atoms with van der Waals surface area (Å²) in [5.74, 6) is 1.83. The van der Waals surface area contributed by atoms with E-state index in [-0.39, 0.29) is 0 Å². The van der Waals surface area contributed by atoms with Gasteiger partial charge in [0.25, 0.3) is 0 Å². The second-order valence-corrected chi connectivity index (χ2v) is 4.10. The zero-order valence-electron chi connectivity index (χ0n) is 6.21. The quantitative estimate of drug-likeness (QED) is 0.671. The van der Waals surface area contributed by atoms with Crippen LogP contribution in [0.4, 0.5) is 5.82 Å². The Morgan fingerprint density at radius 2 is 2.50 bits per heavy atom. The molecule has 2 rings (SSSR count). The van der Waals surface area contributed by atoms with Crippen LogP contribution >= 0.6 is 30.3 Å². The maximum atomic E-state index is 5.33. The van der Waals surface area contributed by atoms with Crippen LogP contribution in [-0.2, 0) is 6.42 Å². The molecule has 2 heterocycles. The van der Waals surface area contributed by atoms with E-state index in [4.69, 9.17) is 4.74 Å². The number of halogens is 1. The number of nitrogens with zero attached hydrogens (tertiary/aromatic N) is 1. The first-order valence-electron chi connectivity index (χ1n) is 3.56. The molecule has 3 nitrogen and oxygen atoms in total. The second-order valence-electron chi connectivity index (χ2n) is 2.42. The molecule has 0 amide bonds. The summed E-state index contributed by atoms with van der Waals surface area (Å²) in [6.07, 6.45) is 0.927. The Balaban J connectivity index is 2.26. The fraction of sp³-hybridized carbons (Fsp3) is 0.286. The summed E-state index contributed by atoms with van der Waals surface area (Å²) in [5.41, 5.74) is 1.06. The Kier molecular flexibility index (Phi) is 2.60. The number of aromatic nitrogens is 1. The standard InChI is InChI=1S/C7H7IN2OS/c8-12-10-7-2-1-6-5(9-7)3-4-11-6/h1-2H,3-4H2,(H,9,10). The van der Waals surface area contributed by atoms with E-state index in [1.54, 1.807) is 0 Å². The van der Waals surface area contributed by atoms with E-state index in [1.807, 2.05) is 12.1 Å². The van der Waals surface area contributed by atoms with Crippen molar-refractivity contribution in [2.24, 2.45) is 0 Å². The minimum atomic E-state index is 0.767. The summed E-state index contributed by atoms with van der Waals surface area (Å²) < 4.78 is 8.41. The minimum Gasteiger partial charge on any atom is -0.491 e. The molecule has 0 saturated heterocycles. The van der Waals surface area contributed by atoms with Crippen molar-refractivity contribution in [1.82, 2.24) is 4.98 Å². The Bertz CT molecular complexity index is 295. The highest BCUT2D eigenvalue weighted by Crippen LogP contribution is 2.26. The number of nitrogens with one attached hydrogen (secondary N) is 1. The van der Waals surface area contributed by atoms with Crippen molar-refractivity contribution in [3.63, 3.8) is 0 Å². The monoisotopic (exact) mass is 294 g/mol. The van der Waals surface area contributed by atoms with Gasteiger partial charge in [-0.2, -0.15) is 0 Å². The molecular formula is C7H7IN2OS. The molecule has 64 valence electrons. The lowest BCUT2D eigenvalue weighted by Gasteiger charge is -2.01. The lowest BCUT2D eigenvalue weighted by Crippen LogP contribution is -1.90. The number of rotatable bonds is 2. The first-order chi connectivity index (χ1) is 5.90. The van der Waals surface area contributed by atoms with Gasteiger partial charge in [0.05, 0.1) is 12.3 Å². The van der Waals surface area contributed by atoms with Crippen LogP contribution in [-0.4, -0.2) is 11.6 Å². The van der Waals surface area contributed by atoms with E-state index < -0.39 is 0 Å². The van der Waals surface area contributed by atoms with Crippen molar-refractivity contribution in [2.75, 3.05) is 11.3 Å². The Labute approximate surface area is 87.0 Å². The maximum Gasteiger partial charge on any atom is 0.141 e.